The number of benzene rings is 1. The van der Waals surface area contributed by atoms with Gasteiger partial charge in [-0.05, 0) is 26.0 Å². The molecule has 0 fully saturated rings. The van der Waals surface area contributed by atoms with E-state index >= 15 is 0 Å². The summed E-state index contributed by atoms with van der Waals surface area (Å²) in [4.78, 5) is 12.1. The minimum atomic E-state index is -3.25. The maximum Gasteiger partial charge on any atom is 0.265 e. The first kappa shape index (κ1) is 16.6. The molecule has 1 aromatic carbocycles. The van der Waals surface area contributed by atoms with Crippen molar-refractivity contribution in [1.29, 1.82) is 0 Å². The van der Waals surface area contributed by atoms with Gasteiger partial charge in [0.05, 0.1) is 5.75 Å². The summed E-state index contributed by atoms with van der Waals surface area (Å²) in [5, 5.41) is 2.64. The Labute approximate surface area is 130 Å². The van der Waals surface area contributed by atoms with Gasteiger partial charge in [0.1, 0.15) is 6.10 Å². The van der Waals surface area contributed by atoms with Crippen molar-refractivity contribution in [1.82, 2.24) is 10.0 Å². The number of rotatable bonds is 6. The number of sulfonamides is 1. The molecule has 0 spiro atoms. The largest absolute Gasteiger partial charge is 0.482 e. The van der Waals surface area contributed by atoms with Crippen LogP contribution in [0, 0.1) is 0 Å². The molecule has 2 atom stereocenters. The second kappa shape index (κ2) is 6.97. The van der Waals surface area contributed by atoms with Crippen LogP contribution >= 0.6 is 0 Å². The van der Waals surface area contributed by atoms with E-state index in [1.807, 2.05) is 6.07 Å². The molecule has 1 aliphatic heterocycles. The zero-order chi connectivity index (χ0) is 16.2. The number of fused-ring (bicyclic) bond motifs is 1. The van der Waals surface area contributed by atoms with Crippen LogP contribution in [0.15, 0.2) is 24.3 Å². The van der Waals surface area contributed by atoms with Gasteiger partial charge in [0.15, 0.2) is 11.5 Å². The number of hydrogen-bond donors (Lipinski definition) is 2. The fraction of sp³-hybridized carbons (Fsp3) is 0.500. The van der Waals surface area contributed by atoms with Crippen LogP contribution in [0.25, 0.3) is 0 Å². The van der Waals surface area contributed by atoms with E-state index in [0.29, 0.717) is 11.5 Å². The third kappa shape index (κ3) is 4.11. The van der Waals surface area contributed by atoms with Crippen LogP contribution < -0.4 is 19.5 Å². The summed E-state index contributed by atoms with van der Waals surface area (Å²) >= 11 is 0. The van der Waals surface area contributed by atoms with E-state index in [1.54, 1.807) is 32.0 Å². The Morgan fingerprint density at radius 1 is 1.18 bits per heavy atom. The molecule has 8 heteroatoms. The average Bonchev–Trinajstić information content (AvgIpc) is 2.50. The highest BCUT2D eigenvalue weighted by molar-refractivity contribution is 7.89. The van der Waals surface area contributed by atoms with Crippen LogP contribution in [0.3, 0.4) is 0 Å². The molecule has 2 N–H and O–H groups in total. The van der Waals surface area contributed by atoms with Crippen LogP contribution in [-0.4, -0.2) is 45.4 Å². The summed E-state index contributed by atoms with van der Waals surface area (Å²) in [6, 6.07) is 7.14. The first-order chi connectivity index (χ1) is 10.4. The zero-order valence-corrected chi connectivity index (χ0v) is 13.4. The quantitative estimate of drug-likeness (QED) is 0.731. The molecular weight excluding hydrogens is 308 g/mol. The first-order valence-electron chi connectivity index (χ1n) is 7.10. The van der Waals surface area contributed by atoms with E-state index < -0.39 is 22.2 Å². The van der Waals surface area contributed by atoms with Gasteiger partial charge in [-0.1, -0.05) is 12.1 Å². The average molecular weight is 328 g/mol. The van der Waals surface area contributed by atoms with Crippen molar-refractivity contribution in [2.75, 3.05) is 18.8 Å². The molecule has 0 radical (unpaired) electrons. The third-order valence-electron chi connectivity index (χ3n) is 3.23. The molecule has 0 bridgehead atoms. The number of carbonyl (C=O) groups is 1. The smallest absolute Gasteiger partial charge is 0.265 e. The molecule has 1 aromatic rings. The second-order valence-electron chi connectivity index (χ2n) is 4.90. The van der Waals surface area contributed by atoms with E-state index in [9.17, 15) is 13.2 Å². The molecule has 122 valence electrons. The summed E-state index contributed by atoms with van der Waals surface area (Å²) in [6.45, 7) is 3.62. The lowest BCUT2D eigenvalue weighted by atomic mass is 10.1. The molecule has 1 amide bonds. The minimum absolute atomic E-state index is 0.00827. The Morgan fingerprint density at radius 2 is 1.82 bits per heavy atom. The fourth-order valence-electron chi connectivity index (χ4n) is 2.00. The number of nitrogens with one attached hydrogen (secondary N) is 2. The second-order valence-corrected chi connectivity index (χ2v) is 6.99. The van der Waals surface area contributed by atoms with Crippen molar-refractivity contribution >= 4 is 15.9 Å². The number of amides is 1. The van der Waals surface area contributed by atoms with Crippen LogP contribution in [-0.2, 0) is 14.8 Å². The molecule has 0 saturated heterocycles. The van der Waals surface area contributed by atoms with Gasteiger partial charge in [0.25, 0.3) is 5.91 Å². The molecule has 2 rings (SSSR count). The molecular formula is C14H20N2O5S. The van der Waals surface area contributed by atoms with Crippen molar-refractivity contribution in [3.63, 3.8) is 0 Å². The van der Waals surface area contributed by atoms with Gasteiger partial charge < -0.3 is 14.8 Å². The molecule has 0 saturated carbocycles. The Balaban J connectivity index is 1.86. The van der Waals surface area contributed by atoms with Crippen LogP contribution in [0.5, 0.6) is 11.5 Å². The van der Waals surface area contributed by atoms with Gasteiger partial charge >= 0.3 is 0 Å². The molecule has 1 aliphatic rings. The topological polar surface area (TPSA) is 93.7 Å². The van der Waals surface area contributed by atoms with Crippen molar-refractivity contribution in [3.8, 4) is 11.5 Å². The molecule has 2 unspecified atom stereocenters. The van der Waals surface area contributed by atoms with E-state index in [4.69, 9.17) is 9.47 Å². The van der Waals surface area contributed by atoms with E-state index in [0.717, 1.165) is 0 Å². The molecule has 22 heavy (non-hydrogen) atoms. The third-order valence-corrected chi connectivity index (χ3v) is 4.63. The summed E-state index contributed by atoms with van der Waals surface area (Å²) in [5.74, 6) is 0.800. The number of hydrogen-bond acceptors (Lipinski definition) is 5. The SMILES string of the molecule is CCS(=O)(=O)NCCNC(=O)C1Oc2ccccc2OC1C. The lowest BCUT2D eigenvalue weighted by molar-refractivity contribution is -0.133. The standard InChI is InChI=1S/C14H20N2O5S/c1-3-22(18,19)16-9-8-15-14(17)13-10(2)20-11-6-4-5-7-12(11)21-13/h4-7,10,13,16H,3,8-9H2,1-2H3,(H,15,17). The predicted molar refractivity (Wildman–Crippen MR) is 81.4 cm³/mol. The summed E-state index contributed by atoms with van der Waals surface area (Å²) in [5.41, 5.74) is 0. The van der Waals surface area contributed by atoms with Crippen molar-refractivity contribution in [2.45, 2.75) is 26.1 Å². The minimum Gasteiger partial charge on any atom is -0.482 e. The van der Waals surface area contributed by atoms with Gasteiger partial charge in [-0.25, -0.2) is 13.1 Å². The Morgan fingerprint density at radius 3 is 2.45 bits per heavy atom. The van der Waals surface area contributed by atoms with Crippen LogP contribution in [0.1, 0.15) is 13.8 Å². The van der Waals surface area contributed by atoms with Gasteiger partial charge in [0.2, 0.25) is 16.1 Å². The monoisotopic (exact) mass is 328 g/mol. The molecule has 7 nitrogen and oxygen atoms in total. The zero-order valence-electron chi connectivity index (χ0n) is 12.5. The van der Waals surface area contributed by atoms with Crippen molar-refractivity contribution < 1.29 is 22.7 Å². The van der Waals surface area contributed by atoms with E-state index in [2.05, 4.69) is 10.0 Å². The lowest BCUT2D eigenvalue weighted by Gasteiger charge is -2.31. The number of para-hydroxylation sites is 2. The highest BCUT2D eigenvalue weighted by Crippen LogP contribution is 2.33. The van der Waals surface area contributed by atoms with Crippen LogP contribution in [0.2, 0.25) is 0 Å². The van der Waals surface area contributed by atoms with Crippen molar-refractivity contribution in [3.05, 3.63) is 24.3 Å². The van der Waals surface area contributed by atoms with Crippen LogP contribution in [0.4, 0.5) is 0 Å². The Hall–Kier alpha value is -1.80. The summed E-state index contributed by atoms with van der Waals surface area (Å²) in [7, 11) is -3.25. The van der Waals surface area contributed by atoms with Gasteiger partial charge in [-0.2, -0.15) is 0 Å². The van der Waals surface area contributed by atoms with E-state index in [1.165, 1.54) is 0 Å². The van der Waals surface area contributed by atoms with Crippen molar-refractivity contribution in [2.24, 2.45) is 0 Å². The number of carbonyl (C=O) groups excluding carboxylic acids is 1. The Bertz CT molecular complexity index is 632. The number of ether oxygens (including phenoxy) is 2. The summed E-state index contributed by atoms with van der Waals surface area (Å²) < 4.78 is 36.2. The highest BCUT2D eigenvalue weighted by Gasteiger charge is 2.33. The fourth-order valence-corrected chi connectivity index (χ4v) is 2.62. The molecule has 1 heterocycles. The normalized spacial score (nSPS) is 20.5. The maximum atomic E-state index is 12.1. The Kier molecular flexibility index (Phi) is 5.25. The molecule has 0 aromatic heterocycles. The van der Waals surface area contributed by atoms with Gasteiger partial charge in [-0.3, -0.25) is 4.79 Å². The summed E-state index contributed by atoms with van der Waals surface area (Å²) in [6.07, 6.45) is -1.19. The first-order valence-corrected chi connectivity index (χ1v) is 8.75. The highest BCUT2D eigenvalue weighted by atomic mass is 32.2. The lowest BCUT2D eigenvalue weighted by Crippen LogP contribution is -2.50. The maximum absolute atomic E-state index is 12.1. The predicted octanol–water partition coefficient (Wildman–Crippen LogP) is 0.270. The van der Waals surface area contributed by atoms with Gasteiger partial charge in [-0.15, -0.1) is 0 Å². The van der Waals surface area contributed by atoms with Gasteiger partial charge in [0, 0.05) is 13.1 Å². The molecule has 0 aliphatic carbocycles. The van der Waals surface area contributed by atoms with E-state index in [-0.39, 0.29) is 24.7 Å².